The summed E-state index contributed by atoms with van der Waals surface area (Å²) < 4.78 is 1.12. The van der Waals surface area contributed by atoms with Crippen LogP contribution in [0, 0.1) is 19.8 Å². The molecule has 0 spiro atoms. The average molecular weight is 476 g/mol. The Labute approximate surface area is 152 Å². The minimum atomic E-state index is -0.679. The summed E-state index contributed by atoms with van der Waals surface area (Å²) in [5.74, 6) is 0.122. The fraction of sp³-hybridized carbons (Fsp3) is 0.529. The Hall–Kier alpha value is -0.430. The maximum atomic E-state index is 13.1. The molecule has 1 aromatic carbocycles. The summed E-state index contributed by atoms with van der Waals surface area (Å²) in [6.45, 7) is 6.13. The summed E-state index contributed by atoms with van der Waals surface area (Å²) in [4.78, 5) is 25.4. The largest absolute Gasteiger partial charge is 0.326 e. The van der Waals surface area contributed by atoms with E-state index in [0.29, 0.717) is 0 Å². The predicted molar refractivity (Wildman–Crippen MR) is 99.1 cm³/mol. The van der Waals surface area contributed by atoms with Gasteiger partial charge >= 0.3 is 0 Å². The summed E-state index contributed by atoms with van der Waals surface area (Å²) in [6, 6.07) is 7.72. The predicted octanol–water partition coefficient (Wildman–Crippen LogP) is 4.39. The Morgan fingerprint density at radius 2 is 1.82 bits per heavy atom. The second kappa shape index (κ2) is 5.03. The number of fused-ring (bicyclic) bond motifs is 2. The number of Topliss-reactive ketones (excluding diaryl/α,β-unsaturated/α-hetero) is 1. The molecule has 0 heterocycles. The van der Waals surface area contributed by atoms with Gasteiger partial charge in [0.25, 0.3) is 0 Å². The van der Waals surface area contributed by atoms with Gasteiger partial charge in [0.2, 0.25) is 5.91 Å². The van der Waals surface area contributed by atoms with Crippen molar-refractivity contribution in [3.05, 3.63) is 27.8 Å². The van der Waals surface area contributed by atoms with E-state index in [1.54, 1.807) is 0 Å². The normalized spacial score (nSPS) is 35.7. The summed E-state index contributed by atoms with van der Waals surface area (Å²) in [6.07, 6.45) is 1.52. The number of halogens is 2. The van der Waals surface area contributed by atoms with E-state index in [1.165, 1.54) is 0 Å². The van der Waals surface area contributed by atoms with E-state index in [4.69, 9.17) is 0 Å². The fourth-order valence-electron chi connectivity index (χ4n) is 4.23. The third-order valence-corrected chi connectivity index (χ3v) is 8.14. The lowest BCUT2D eigenvalue weighted by Gasteiger charge is -2.39. The van der Waals surface area contributed by atoms with Crippen molar-refractivity contribution in [3.63, 3.8) is 0 Å². The molecule has 2 aliphatic carbocycles. The van der Waals surface area contributed by atoms with Crippen molar-refractivity contribution < 1.29 is 9.59 Å². The highest BCUT2D eigenvalue weighted by molar-refractivity contribution is 14.1. The van der Waals surface area contributed by atoms with Gasteiger partial charge in [-0.15, -0.1) is 0 Å². The Bertz CT molecular complexity index is 657. The van der Waals surface area contributed by atoms with Gasteiger partial charge in [-0.05, 0) is 65.1 Å². The number of ketones is 1. The zero-order valence-corrected chi connectivity index (χ0v) is 16.6. The fourth-order valence-corrected chi connectivity index (χ4v) is 6.10. The van der Waals surface area contributed by atoms with Crippen molar-refractivity contribution in [1.29, 1.82) is 0 Å². The van der Waals surface area contributed by atoms with Crippen molar-refractivity contribution >= 4 is 55.9 Å². The molecule has 118 valence electrons. The molecule has 22 heavy (non-hydrogen) atoms. The highest BCUT2D eigenvalue weighted by Crippen LogP contribution is 2.72. The van der Waals surface area contributed by atoms with Crippen LogP contribution in [0.25, 0.3) is 0 Å². The van der Waals surface area contributed by atoms with E-state index in [-0.39, 0.29) is 17.1 Å². The minimum Gasteiger partial charge on any atom is -0.326 e. The first-order chi connectivity index (χ1) is 10.2. The van der Waals surface area contributed by atoms with Crippen LogP contribution in [-0.2, 0) is 9.59 Å². The molecule has 0 unspecified atom stereocenters. The monoisotopic (exact) mass is 475 g/mol. The van der Waals surface area contributed by atoms with Crippen LogP contribution in [0.3, 0.4) is 0 Å². The summed E-state index contributed by atoms with van der Waals surface area (Å²) >= 11 is 5.78. The van der Waals surface area contributed by atoms with Crippen LogP contribution >= 0.6 is 38.5 Å². The van der Waals surface area contributed by atoms with Gasteiger partial charge in [-0.25, -0.2) is 0 Å². The number of hydrogen-bond acceptors (Lipinski definition) is 2. The van der Waals surface area contributed by atoms with Crippen LogP contribution in [0.5, 0.6) is 0 Å². The standard InChI is InChI=1S/C17H19BrINO2/c1-15(2)16(3)8-9-17(15,12(18)13(16)21)14(22)20-11-6-4-10(19)5-7-11/h4-7,12H,8-9H2,1-3H3,(H,20,22)/t12-,16-,17-/m1/s1. The SMILES string of the molecule is CC1(C)[C@]2(C(=O)Nc3ccc(I)cc3)CC[C@]1(C)C(=O)[C@H]2Br. The number of nitrogens with one attached hydrogen (secondary N) is 1. The lowest BCUT2D eigenvalue weighted by molar-refractivity contribution is -0.130. The molecule has 3 rings (SSSR count). The van der Waals surface area contributed by atoms with Crippen LogP contribution in [0.4, 0.5) is 5.69 Å². The molecule has 0 radical (unpaired) electrons. The van der Waals surface area contributed by atoms with E-state index in [0.717, 1.165) is 22.1 Å². The van der Waals surface area contributed by atoms with Crippen molar-refractivity contribution in [2.45, 2.75) is 38.4 Å². The van der Waals surface area contributed by atoms with Gasteiger partial charge in [-0.2, -0.15) is 0 Å². The molecule has 5 heteroatoms. The molecular weight excluding hydrogens is 457 g/mol. The topological polar surface area (TPSA) is 46.2 Å². The Morgan fingerprint density at radius 1 is 1.23 bits per heavy atom. The van der Waals surface area contributed by atoms with Gasteiger partial charge in [-0.3, -0.25) is 9.59 Å². The molecule has 3 atom stereocenters. The van der Waals surface area contributed by atoms with Crippen molar-refractivity contribution in [1.82, 2.24) is 0 Å². The number of hydrogen-bond donors (Lipinski definition) is 1. The third kappa shape index (κ3) is 1.84. The zero-order valence-electron chi connectivity index (χ0n) is 12.9. The number of benzene rings is 1. The van der Waals surface area contributed by atoms with Crippen LogP contribution in [0.1, 0.15) is 33.6 Å². The number of alkyl halides is 1. The minimum absolute atomic E-state index is 0.0461. The maximum Gasteiger partial charge on any atom is 0.232 e. The van der Waals surface area contributed by atoms with E-state index < -0.39 is 15.7 Å². The van der Waals surface area contributed by atoms with Gasteiger partial charge in [0.05, 0.1) is 10.2 Å². The van der Waals surface area contributed by atoms with Gasteiger partial charge in [0.1, 0.15) is 0 Å². The lowest BCUT2D eigenvalue weighted by atomic mass is 9.64. The zero-order chi connectivity index (χ0) is 16.3. The Morgan fingerprint density at radius 3 is 2.32 bits per heavy atom. The van der Waals surface area contributed by atoms with Crippen LogP contribution in [0.15, 0.2) is 24.3 Å². The molecule has 2 saturated carbocycles. The molecule has 0 aromatic heterocycles. The van der Waals surface area contributed by atoms with Crippen molar-refractivity contribution in [2.24, 2.45) is 16.2 Å². The molecule has 1 amide bonds. The third-order valence-electron chi connectivity index (χ3n) is 6.23. The average Bonchev–Trinajstić information content (AvgIpc) is 2.74. The smallest absolute Gasteiger partial charge is 0.232 e. The number of amides is 1. The molecule has 3 nitrogen and oxygen atoms in total. The first-order valence-corrected chi connectivity index (χ1v) is 9.42. The molecule has 0 aliphatic heterocycles. The first-order valence-electron chi connectivity index (χ1n) is 7.42. The van der Waals surface area contributed by atoms with Crippen LogP contribution < -0.4 is 5.32 Å². The van der Waals surface area contributed by atoms with Gasteiger partial charge in [0.15, 0.2) is 5.78 Å². The highest BCUT2D eigenvalue weighted by Gasteiger charge is 2.76. The van der Waals surface area contributed by atoms with E-state index in [1.807, 2.05) is 31.2 Å². The second-order valence-corrected chi connectivity index (χ2v) is 9.28. The van der Waals surface area contributed by atoms with Crippen molar-refractivity contribution in [2.75, 3.05) is 5.32 Å². The number of carbonyl (C=O) groups excluding carboxylic acids is 2. The van der Waals surface area contributed by atoms with Gasteiger partial charge < -0.3 is 5.32 Å². The number of carbonyl (C=O) groups is 2. The van der Waals surface area contributed by atoms with Gasteiger partial charge in [0, 0.05) is 14.7 Å². The summed E-state index contributed by atoms with van der Waals surface area (Å²) in [5, 5.41) is 3.03. The highest BCUT2D eigenvalue weighted by atomic mass is 127. The second-order valence-electron chi connectivity index (χ2n) is 7.12. The van der Waals surface area contributed by atoms with E-state index in [2.05, 4.69) is 57.7 Å². The molecule has 1 aromatic rings. The summed E-state index contributed by atoms with van der Waals surface area (Å²) in [7, 11) is 0. The van der Waals surface area contributed by atoms with Crippen LogP contribution in [-0.4, -0.2) is 16.5 Å². The van der Waals surface area contributed by atoms with E-state index >= 15 is 0 Å². The lowest BCUT2D eigenvalue weighted by Crippen LogP contribution is -2.47. The van der Waals surface area contributed by atoms with Crippen LogP contribution in [0.2, 0.25) is 0 Å². The molecular formula is C17H19BrINO2. The molecule has 2 bridgehead atoms. The van der Waals surface area contributed by atoms with Gasteiger partial charge in [-0.1, -0.05) is 36.7 Å². The van der Waals surface area contributed by atoms with E-state index in [9.17, 15) is 9.59 Å². The number of anilines is 1. The maximum absolute atomic E-state index is 13.1. The molecule has 2 aliphatic rings. The molecule has 2 fully saturated rings. The van der Waals surface area contributed by atoms with Crippen molar-refractivity contribution in [3.8, 4) is 0 Å². The molecule has 0 saturated heterocycles. The quantitative estimate of drug-likeness (QED) is 0.509. The first kappa shape index (κ1) is 16.4. The molecule has 1 N–H and O–H groups in total. The Kier molecular flexibility index (Phi) is 3.76. The number of rotatable bonds is 2. The Balaban J connectivity index is 1.97. The summed E-state index contributed by atoms with van der Waals surface area (Å²) in [5.41, 5.74) is -0.687.